The van der Waals surface area contributed by atoms with Crippen molar-refractivity contribution in [1.82, 2.24) is 5.32 Å². The van der Waals surface area contributed by atoms with Crippen LogP contribution < -0.4 is 5.32 Å². The highest BCUT2D eigenvalue weighted by molar-refractivity contribution is 5.76. The van der Waals surface area contributed by atoms with Gasteiger partial charge in [-0.2, -0.15) is 0 Å². The summed E-state index contributed by atoms with van der Waals surface area (Å²) in [6.07, 6.45) is 33.4. The van der Waals surface area contributed by atoms with Gasteiger partial charge in [-0.05, 0) is 12.8 Å². The maximum atomic E-state index is 12.2. The molecule has 37 heavy (non-hydrogen) atoms. The number of aliphatic hydroxyl groups excluding tert-OH is 2. The van der Waals surface area contributed by atoms with Crippen molar-refractivity contribution >= 4 is 5.91 Å². The van der Waals surface area contributed by atoms with E-state index in [4.69, 9.17) is 0 Å². The smallest absolute Gasteiger partial charge is 0.220 e. The van der Waals surface area contributed by atoms with Gasteiger partial charge in [0.2, 0.25) is 5.91 Å². The third-order valence-electron chi connectivity index (χ3n) is 7.87. The maximum Gasteiger partial charge on any atom is 0.220 e. The van der Waals surface area contributed by atoms with E-state index >= 15 is 0 Å². The number of hydrogen-bond acceptors (Lipinski definition) is 3. The van der Waals surface area contributed by atoms with Crippen LogP contribution in [0.25, 0.3) is 0 Å². The third kappa shape index (κ3) is 26.8. The number of unbranched alkanes of at least 4 members (excludes halogenated alkanes) is 23. The van der Waals surface area contributed by atoms with Crippen LogP contribution in [0.15, 0.2) is 0 Å². The number of carbonyl (C=O) groups excluding carboxylic acids is 1. The normalized spacial score (nSPS) is 13.1. The molecular weight excluding hydrogens is 458 g/mol. The Labute approximate surface area is 232 Å². The first-order valence-electron chi connectivity index (χ1n) is 16.7. The molecule has 3 N–H and O–H groups in total. The first-order valence-corrected chi connectivity index (χ1v) is 16.7. The zero-order valence-corrected chi connectivity index (χ0v) is 25.3. The first-order chi connectivity index (χ1) is 18.2. The Morgan fingerprint density at radius 2 is 0.865 bits per heavy atom. The summed E-state index contributed by atoms with van der Waals surface area (Å²) in [6.45, 7) is 4.26. The Kier molecular flexibility index (Phi) is 29.4. The predicted octanol–water partition coefficient (Wildman–Crippen LogP) is 9.40. The number of rotatable bonds is 30. The highest BCUT2D eigenvalue weighted by Crippen LogP contribution is 2.15. The highest BCUT2D eigenvalue weighted by atomic mass is 16.3. The van der Waals surface area contributed by atoms with E-state index in [1.54, 1.807) is 0 Å². The molecule has 0 aromatic carbocycles. The van der Waals surface area contributed by atoms with Crippen LogP contribution in [0.3, 0.4) is 0 Å². The number of nitrogens with one attached hydrogen (secondary N) is 1. The van der Waals surface area contributed by atoms with Gasteiger partial charge < -0.3 is 15.5 Å². The molecule has 222 valence electrons. The van der Waals surface area contributed by atoms with Gasteiger partial charge >= 0.3 is 0 Å². The third-order valence-corrected chi connectivity index (χ3v) is 7.87. The Hall–Kier alpha value is -0.610. The largest absolute Gasteiger partial charge is 0.394 e. The average molecular weight is 526 g/mol. The summed E-state index contributed by atoms with van der Waals surface area (Å²) < 4.78 is 0. The van der Waals surface area contributed by atoms with E-state index in [-0.39, 0.29) is 12.5 Å². The van der Waals surface area contributed by atoms with Gasteiger partial charge in [-0.15, -0.1) is 0 Å². The molecule has 0 saturated carbocycles. The van der Waals surface area contributed by atoms with Gasteiger partial charge in [0.15, 0.2) is 0 Å². The van der Waals surface area contributed by atoms with Crippen molar-refractivity contribution in [1.29, 1.82) is 0 Å². The molecule has 0 aromatic rings. The molecule has 0 aliphatic heterocycles. The number of hydrogen-bond donors (Lipinski definition) is 3. The van der Waals surface area contributed by atoms with E-state index in [1.807, 2.05) is 0 Å². The molecule has 0 saturated heterocycles. The van der Waals surface area contributed by atoms with E-state index < -0.39 is 12.1 Å². The van der Waals surface area contributed by atoms with Crippen LogP contribution in [-0.4, -0.2) is 34.9 Å². The molecule has 0 rings (SSSR count). The molecule has 2 unspecified atom stereocenters. The van der Waals surface area contributed by atoms with Crippen LogP contribution in [0.2, 0.25) is 0 Å². The topological polar surface area (TPSA) is 69.6 Å². The van der Waals surface area contributed by atoms with Crippen molar-refractivity contribution < 1.29 is 15.0 Å². The molecule has 0 spiro atoms. The van der Waals surface area contributed by atoms with Crippen molar-refractivity contribution in [3.63, 3.8) is 0 Å². The second-order valence-corrected chi connectivity index (χ2v) is 11.6. The Morgan fingerprint density at radius 1 is 0.541 bits per heavy atom. The van der Waals surface area contributed by atoms with E-state index in [0.29, 0.717) is 12.8 Å². The summed E-state index contributed by atoms with van der Waals surface area (Å²) in [5.74, 6) is -0.0375. The molecule has 0 aromatic heterocycles. The maximum absolute atomic E-state index is 12.2. The SMILES string of the molecule is CCCCCCCCCCCCCCCCCCCCCCCC(=O)NC(CO)C(O)CCCCCC. The second-order valence-electron chi connectivity index (χ2n) is 11.6. The Balaban J connectivity index is 3.36. The fourth-order valence-electron chi connectivity index (χ4n) is 5.24. The van der Waals surface area contributed by atoms with Crippen LogP contribution in [0, 0.1) is 0 Å². The van der Waals surface area contributed by atoms with E-state index in [9.17, 15) is 15.0 Å². The number of aliphatic hydroxyl groups is 2. The molecule has 0 fully saturated rings. The highest BCUT2D eigenvalue weighted by Gasteiger charge is 2.19. The van der Waals surface area contributed by atoms with Gasteiger partial charge in [0, 0.05) is 6.42 Å². The van der Waals surface area contributed by atoms with E-state index in [0.717, 1.165) is 32.1 Å². The van der Waals surface area contributed by atoms with Crippen molar-refractivity contribution in [2.75, 3.05) is 6.61 Å². The van der Waals surface area contributed by atoms with Gasteiger partial charge in [-0.3, -0.25) is 4.79 Å². The Morgan fingerprint density at radius 3 is 1.22 bits per heavy atom. The van der Waals surface area contributed by atoms with Crippen LogP contribution in [0.4, 0.5) is 0 Å². The number of amides is 1. The van der Waals surface area contributed by atoms with Crippen LogP contribution in [0.1, 0.15) is 187 Å². The molecule has 2 atom stereocenters. The van der Waals surface area contributed by atoms with Gasteiger partial charge in [0.25, 0.3) is 0 Å². The zero-order valence-electron chi connectivity index (χ0n) is 25.3. The number of carbonyl (C=O) groups is 1. The molecular formula is C33H67NO3. The van der Waals surface area contributed by atoms with Crippen LogP contribution >= 0.6 is 0 Å². The van der Waals surface area contributed by atoms with Crippen LogP contribution in [-0.2, 0) is 4.79 Å². The summed E-state index contributed by atoms with van der Waals surface area (Å²) in [6, 6.07) is -0.524. The van der Waals surface area contributed by atoms with Crippen molar-refractivity contribution in [2.24, 2.45) is 0 Å². The molecule has 4 heteroatoms. The van der Waals surface area contributed by atoms with Crippen molar-refractivity contribution in [2.45, 2.75) is 199 Å². The summed E-state index contributed by atoms with van der Waals surface area (Å²) in [4.78, 5) is 12.2. The molecule has 0 bridgehead atoms. The molecule has 0 aliphatic carbocycles. The van der Waals surface area contributed by atoms with Crippen molar-refractivity contribution in [3.05, 3.63) is 0 Å². The van der Waals surface area contributed by atoms with Crippen LogP contribution in [0.5, 0.6) is 0 Å². The van der Waals surface area contributed by atoms with Gasteiger partial charge in [0.1, 0.15) is 0 Å². The van der Waals surface area contributed by atoms with E-state index in [2.05, 4.69) is 19.2 Å². The lowest BCUT2D eigenvalue weighted by Gasteiger charge is -2.22. The Bertz CT molecular complexity index is 457. The summed E-state index contributed by atoms with van der Waals surface area (Å²) in [5.41, 5.74) is 0. The lowest BCUT2D eigenvalue weighted by Crippen LogP contribution is -2.45. The summed E-state index contributed by atoms with van der Waals surface area (Å²) >= 11 is 0. The average Bonchev–Trinajstić information content (AvgIpc) is 2.90. The standard InChI is InChI=1S/C33H67NO3/c1-3-5-7-9-10-11-12-13-14-15-16-17-18-19-20-21-22-23-24-25-27-29-33(37)34-31(30-35)32(36)28-26-8-6-4-2/h31-32,35-36H,3-30H2,1-2H3,(H,34,37). The minimum Gasteiger partial charge on any atom is -0.394 e. The minimum absolute atomic E-state index is 0.0375. The van der Waals surface area contributed by atoms with E-state index in [1.165, 1.54) is 128 Å². The fraction of sp³-hybridized carbons (Fsp3) is 0.970. The predicted molar refractivity (Wildman–Crippen MR) is 161 cm³/mol. The van der Waals surface area contributed by atoms with Gasteiger partial charge in [-0.1, -0.05) is 168 Å². The summed E-state index contributed by atoms with van der Waals surface area (Å²) in [7, 11) is 0. The molecule has 1 amide bonds. The van der Waals surface area contributed by atoms with Gasteiger partial charge in [0.05, 0.1) is 18.8 Å². The molecule has 0 radical (unpaired) electrons. The molecule has 0 heterocycles. The zero-order chi connectivity index (χ0) is 27.2. The van der Waals surface area contributed by atoms with Crippen molar-refractivity contribution in [3.8, 4) is 0 Å². The van der Waals surface area contributed by atoms with Gasteiger partial charge in [-0.25, -0.2) is 0 Å². The fourth-order valence-corrected chi connectivity index (χ4v) is 5.24. The molecule has 4 nitrogen and oxygen atoms in total. The lowest BCUT2D eigenvalue weighted by molar-refractivity contribution is -0.123. The first kappa shape index (κ1) is 36.4. The second kappa shape index (κ2) is 29.9. The monoisotopic (exact) mass is 526 g/mol. The summed E-state index contributed by atoms with van der Waals surface area (Å²) in [5, 5.41) is 22.6. The molecule has 0 aliphatic rings. The minimum atomic E-state index is -0.648. The quantitative estimate of drug-likeness (QED) is 0.0818. The lowest BCUT2D eigenvalue weighted by atomic mass is 10.0.